The number of fused-ring (bicyclic) bond motifs is 1. The van der Waals surface area contributed by atoms with E-state index in [9.17, 15) is 4.79 Å². The number of nitrogens with one attached hydrogen (secondary N) is 1. The molecule has 5 nitrogen and oxygen atoms in total. The maximum Gasteiger partial charge on any atom is 0.259 e. The first-order valence-electron chi connectivity index (χ1n) is 7.56. The maximum atomic E-state index is 12.8. The fraction of sp³-hybridized carbons (Fsp3) is 0.235. The van der Waals surface area contributed by atoms with Crippen molar-refractivity contribution in [3.05, 3.63) is 51.3 Å². The van der Waals surface area contributed by atoms with Crippen molar-refractivity contribution in [2.75, 3.05) is 5.32 Å². The van der Waals surface area contributed by atoms with E-state index in [0.717, 1.165) is 18.5 Å². The van der Waals surface area contributed by atoms with Gasteiger partial charge in [0.2, 0.25) is 0 Å². The van der Waals surface area contributed by atoms with Gasteiger partial charge in [-0.1, -0.05) is 28.4 Å². The van der Waals surface area contributed by atoms with Crippen molar-refractivity contribution in [1.82, 2.24) is 10.1 Å². The zero-order valence-electron chi connectivity index (χ0n) is 12.8. The monoisotopic (exact) mass is 361 g/mol. The fourth-order valence-electron chi connectivity index (χ4n) is 2.66. The lowest BCUT2D eigenvalue weighted by molar-refractivity contribution is 0.102. The fourth-order valence-corrected chi connectivity index (χ4v) is 3.00. The van der Waals surface area contributed by atoms with Crippen LogP contribution in [0.1, 0.15) is 40.5 Å². The second-order valence-corrected chi connectivity index (χ2v) is 6.74. The topological polar surface area (TPSA) is 68.0 Å². The molecule has 1 saturated carbocycles. The molecule has 1 aliphatic carbocycles. The molecule has 2 heterocycles. The summed E-state index contributed by atoms with van der Waals surface area (Å²) >= 11 is 12.1. The molecular weight excluding hydrogens is 349 g/mol. The molecule has 24 heavy (non-hydrogen) atoms. The van der Waals surface area contributed by atoms with E-state index in [1.54, 1.807) is 25.1 Å². The van der Waals surface area contributed by atoms with Crippen LogP contribution in [0.3, 0.4) is 0 Å². The number of benzene rings is 1. The van der Waals surface area contributed by atoms with Gasteiger partial charge in [0.15, 0.2) is 0 Å². The van der Waals surface area contributed by atoms with Crippen molar-refractivity contribution in [3.8, 4) is 0 Å². The summed E-state index contributed by atoms with van der Waals surface area (Å²) in [5.41, 5.74) is 2.82. The van der Waals surface area contributed by atoms with Crippen molar-refractivity contribution in [1.29, 1.82) is 0 Å². The van der Waals surface area contributed by atoms with E-state index in [4.69, 9.17) is 27.7 Å². The Morgan fingerprint density at radius 3 is 2.83 bits per heavy atom. The number of amides is 1. The van der Waals surface area contributed by atoms with Crippen molar-refractivity contribution in [3.63, 3.8) is 0 Å². The van der Waals surface area contributed by atoms with E-state index < -0.39 is 0 Å². The van der Waals surface area contributed by atoms with Crippen LogP contribution < -0.4 is 5.32 Å². The number of carbonyl (C=O) groups is 1. The molecule has 7 heteroatoms. The number of nitrogens with zero attached hydrogens (tertiary/aromatic N) is 2. The number of rotatable bonds is 3. The minimum atomic E-state index is -0.292. The standard InChI is InChI=1S/C17H13Cl2N3O2/c1-8-15-11(7-13(9-2-3-9)21-17(15)24-22-8)16(23)20-14-6-10(18)4-5-12(14)19/h4-7,9H,2-3H2,1H3,(H,20,23). The molecule has 0 bridgehead atoms. The predicted octanol–water partition coefficient (Wildman–Crippen LogP) is 4.97. The second kappa shape index (κ2) is 5.76. The van der Waals surface area contributed by atoms with Crippen LogP contribution in [-0.2, 0) is 0 Å². The zero-order chi connectivity index (χ0) is 16.8. The van der Waals surface area contributed by atoms with Crippen LogP contribution in [0.5, 0.6) is 0 Å². The Bertz CT molecular complexity index is 964. The van der Waals surface area contributed by atoms with Gasteiger partial charge in [-0.3, -0.25) is 4.79 Å². The number of pyridine rings is 1. The molecule has 1 N–H and O–H groups in total. The van der Waals surface area contributed by atoms with E-state index in [2.05, 4.69) is 15.5 Å². The van der Waals surface area contributed by atoms with Gasteiger partial charge in [0.1, 0.15) is 0 Å². The van der Waals surface area contributed by atoms with Gasteiger partial charge in [-0.05, 0) is 44.0 Å². The number of aryl methyl sites for hydroxylation is 1. The molecule has 3 aromatic rings. The Morgan fingerprint density at radius 1 is 1.29 bits per heavy atom. The van der Waals surface area contributed by atoms with E-state index >= 15 is 0 Å². The SMILES string of the molecule is Cc1noc2nc(C3CC3)cc(C(=O)Nc3cc(Cl)ccc3Cl)c12. The molecule has 0 atom stereocenters. The highest BCUT2D eigenvalue weighted by atomic mass is 35.5. The zero-order valence-corrected chi connectivity index (χ0v) is 14.3. The van der Waals surface area contributed by atoms with E-state index in [-0.39, 0.29) is 5.91 Å². The van der Waals surface area contributed by atoms with Crippen LogP contribution in [-0.4, -0.2) is 16.0 Å². The highest BCUT2D eigenvalue weighted by Crippen LogP contribution is 2.40. The van der Waals surface area contributed by atoms with Crippen LogP contribution in [0, 0.1) is 6.92 Å². The lowest BCUT2D eigenvalue weighted by atomic mass is 10.1. The summed E-state index contributed by atoms with van der Waals surface area (Å²) in [4.78, 5) is 17.3. The van der Waals surface area contributed by atoms with Crippen LogP contribution in [0.15, 0.2) is 28.8 Å². The van der Waals surface area contributed by atoms with Crippen LogP contribution >= 0.6 is 23.2 Å². The smallest absolute Gasteiger partial charge is 0.259 e. The molecule has 1 aliphatic rings. The second-order valence-electron chi connectivity index (χ2n) is 5.90. The van der Waals surface area contributed by atoms with Gasteiger partial charge >= 0.3 is 0 Å². The van der Waals surface area contributed by atoms with Gasteiger partial charge in [-0.25, -0.2) is 4.98 Å². The molecule has 4 rings (SSSR count). The number of anilines is 1. The maximum absolute atomic E-state index is 12.8. The average molecular weight is 362 g/mol. The molecule has 1 fully saturated rings. The molecule has 0 saturated heterocycles. The Labute approximate surface area is 147 Å². The Hall–Kier alpha value is -2.11. The Kier molecular flexibility index (Phi) is 3.70. The van der Waals surface area contributed by atoms with Crippen molar-refractivity contribution >= 4 is 45.9 Å². The normalized spacial score (nSPS) is 14.1. The number of hydrogen-bond donors (Lipinski definition) is 1. The molecule has 0 unspecified atom stereocenters. The van der Waals surface area contributed by atoms with Gasteiger partial charge < -0.3 is 9.84 Å². The Morgan fingerprint density at radius 2 is 2.08 bits per heavy atom. The number of hydrogen-bond acceptors (Lipinski definition) is 4. The lowest BCUT2D eigenvalue weighted by Crippen LogP contribution is -2.13. The first-order chi connectivity index (χ1) is 11.5. The van der Waals surface area contributed by atoms with Gasteiger partial charge in [0.05, 0.1) is 27.4 Å². The minimum absolute atomic E-state index is 0.292. The molecule has 0 spiro atoms. The third-order valence-electron chi connectivity index (χ3n) is 4.05. The first kappa shape index (κ1) is 15.4. The first-order valence-corrected chi connectivity index (χ1v) is 8.32. The third kappa shape index (κ3) is 2.74. The van der Waals surface area contributed by atoms with E-state index in [1.165, 1.54) is 0 Å². The summed E-state index contributed by atoms with van der Waals surface area (Å²) in [5.74, 6) is 0.0980. The summed E-state index contributed by atoms with van der Waals surface area (Å²) in [6.45, 7) is 1.79. The van der Waals surface area contributed by atoms with Crippen LogP contribution in [0.4, 0.5) is 5.69 Å². The summed E-state index contributed by atoms with van der Waals surface area (Å²) in [7, 11) is 0. The van der Waals surface area contributed by atoms with Gasteiger partial charge in [-0.2, -0.15) is 0 Å². The lowest BCUT2D eigenvalue weighted by Gasteiger charge is -2.09. The third-order valence-corrected chi connectivity index (χ3v) is 4.62. The predicted molar refractivity (Wildman–Crippen MR) is 92.9 cm³/mol. The molecular formula is C17H13Cl2N3O2. The van der Waals surface area contributed by atoms with E-state index in [0.29, 0.717) is 44.0 Å². The van der Waals surface area contributed by atoms with E-state index in [1.807, 2.05) is 6.07 Å². The molecule has 0 aliphatic heterocycles. The van der Waals surface area contributed by atoms with Crippen molar-refractivity contribution in [2.45, 2.75) is 25.7 Å². The number of aromatic nitrogens is 2. The quantitative estimate of drug-likeness (QED) is 0.714. The highest BCUT2D eigenvalue weighted by Gasteiger charge is 2.28. The van der Waals surface area contributed by atoms with Gasteiger partial charge in [0, 0.05) is 16.6 Å². The van der Waals surface area contributed by atoms with Gasteiger partial charge in [0.25, 0.3) is 11.6 Å². The van der Waals surface area contributed by atoms with Crippen molar-refractivity contribution in [2.24, 2.45) is 0 Å². The average Bonchev–Trinajstić information content (AvgIpc) is 3.34. The molecule has 2 aromatic heterocycles. The summed E-state index contributed by atoms with van der Waals surface area (Å²) in [5, 5.41) is 8.28. The van der Waals surface area contributed by atoms with Crippen LogP contribution in [0.2, 0.25) is 10.0 Å². The Balaban J connectivity index is 1.78. The number of carbonyl (C=O) groups excluding carboxylic acids is 1. The molecule has 0 radical (unpaired) electrons. The molecule has 122 valence electrons. The number of halogens is 2. The summed E-state index contributed by atoms with van der Waals surface area (Å²) in [6, 6.07) is 6.74. The largest absolute Gasteiger partial charge is 0.336 e. The minimum Gasteiger partial charge on any atom is -0.336 e. The highest BCUT2D eigenvalue weighted by molar-refractivity contribution is 6.36. The van der Waals surface area contributed by atoms with Crippen molar-refractivity contribution < 1.29 is 9.32 Å². The molecule has 1 amide bonds. The van der Waals surface area contributed by atoms with Crippen LogP contribution in [0.25, 0.3) is 11.1 Å². The summed E-state index contributed by atoms with van der Waals surface area (Å²) in [6.07, 6.45) is 2.15. The summed E-state index contributed by atoms with van der Waals surface area (Å²) < 4.78 is 5.26. The van der Waals surface area contributed by atoms with Gasteiger partial charge in [-0.15, -0.1) is 0 Å². The molecule has 1 aromatic carbocycles.